The van der Waals surface area contributed by atoms with Gasteiger partial charge in [0, 0.05) is 13.1 Å². The monoisotopic (exact) mass is 249 g/mol. The highest BCUT2D eigenvalue weighted by atomic mass is 16.3. The van der Waals surface area contributed by atoms with Crippen molar-refractivity contribution in [2.75, 3.05) is 19.7 Å². The van der Waals surface area contributed by atoms with Crippen LogP contribution in [0.1, 0.15) is 39.2 Å². The summed E-state index contributed by atoms with van der Waals surface area (Å²) in [7, 11) is 0. The van der Waals surface area contributed by atoms with Crippen molar-refractivity contribution in [3.63, 3.8) is 0 Å². The minimum atomic E-state index is 0.238. The third kappa shape index (κ3) is 6.77. The van der Waals surface area contributed by atoms with Crippen molar-refractivity contribution in [3.8, 4) is 0 Å². The molecule has 0 saturated carbocycles. The number of aliphatic hydroxyl groups excluding tert-OH is 1. The van der Waals surface area contributed by atoms with Gasteiger partial charge in [0.1, 0.15) is 0 Å². The molecule has 0 saturated heterocycles. The Kier molecular flexibility index (Phi) is 6.37. The molecule has 0 heterocycles. The normalized spacial score (nSPS) is 12.1. The van der Waals surface area contributed by atoms with Crippen LogP contribution in [-0.4, -0.2) is 29.7 Å². The fourth-order valence-electron chi connectivity index (χ4n) is 2.09. The smallest absolute Gasteiger partial charge is 0.0558 e. The molecule has 18 heavy (non-hydrogen) atoms. The average Bonchev–Trinajstić information content (AvgIpc) is 2.29. The van der Waals surface area contributed by atoms with E-state index < -0.39 is 0 Å². The van der Waals surface area contributed by atoms with Crippen LogP contribution in [0.15, 0.2) is 30.3 Å². The van der Waals surface area contributed by atoms with Gasteiger partial charge in [-0.05, 0) is 30.4 Å². The van der Waals surface area contributed by atoms with E-state index in [2.05, 4.69) is 49.9 Å². The summed E-state index contributed by atoms with van der Waals surface area (Å²) < 4.78 is 0. The maximum atomic E-state index is 9.13. The van der Waals surface area contributed by atoms with E-state index in [0.717, 1.165) is 19.6 Å². The zero-order valence-electron chi connectivity index (χ0n) is 12.0. The van der Waals surface area contributed by atoms with Gasteiger partial charge in [0.2, 0.25) is 0 Å². The van der Waals surface area contributed by atoms with Gasteiger partial charge >= 0.3 is 0 Å². The van der Waals surface area contributed by atoms with Gasteiger partial charge in [-0.2, -0.15) is 0 Å². The molecule has 0 aliphatic rings. The van der Waals surface area contributed by atoms with Gasteiger partial charge in [-0.3, -0.25) is 4.90 Å². The van der Waals surface area contributed by atoms with Crippen molar-refractivity contribution in [2.24, 2.45) is 5.41 Å². The zero-order chi connectivity index (χ0) is 13.4. The Morgan fingerprint density at radius 2 is 1.72 bits per heavy atom. The second kappa shape index (κ2) is 7.55. The summed E-state index contributed by atoms with van der Waals surface area (Å²) in [5, 5.41) is 9.13. The predicted molar refractivity (Wildman–Crippen MR) is 77.5 cm³/mol. The Morgan fingerprint density at radius 1 is 1.06 bits per heavy atom. The van der Waals surface area contributed by atoms with Crippen LogP contribution in [0.5, 0.6) is 0 Å². The summed E-state index contributed by atoms with van der Waals surface area (Å²) in [6.07, 6.45) is 2.42. The van der Waals surface area contributed by atoms with Crippen molar-refractivity contribution in [3.05, 3.63) is 35.9 Å². The van der Waals surface area contributed by atoms with Crippen LogP contribution in [0.3, 0.4) is 0 Å². The third-order valence-corrected chi connectivity index (χ3v) is 3.07. The van der Waals surface area contributed by atoms with Crippen LogP contribution in [0.2, 0.25) is 0 Å². The van der Waals surface area contributed by atoms with Crippen molar-refractivity contribution in [2.45, 2.75) is 40.2 Å². The van der Waals surface area contributed by atoms with Gasteiger partial charge in [-0.25, -0.2) is 0 Å². The number of benzene rings is 1. The second-order valence-corrected chi connectivity index (χ2v) is 6.15. The Labute approximate surface area is 112 Å². The number of aliphatic hydroxyl groups is 1. The van der Waals surface area contributed by atoms with E-state index in [4.69, 9.17) is 5.11 Å². The first kappa shape index (κ1) is 15.2. The molecule has 2 heteroatoms. The molecule has 0 fully saturated rings. The lowest BCUT2D eigenvalue weighted by Crippen LogP contribution is -2.28. The van der Waals surface area contributed by atoms with Crippen LogP contribution in [0.4, 0.5) is 0 Å². The molecule has 102 valence electrons. The first-order valence-corrected chi connectivity index (χ1v) is 6.88. The number of hydrogen-bond acceptors (Lipinski definition) is 2. The van der Waals surface area contributed by atoms with Crippen molar-refractivity contribution in [1.82, 2.24) is 4.90 Å². The molecule has 0 bridgehead atoms. The van der Waals surface area contributed by atoms with E-state index in [1.165, 1.54) is 18.4 Å². The average molecular weight is 249 g/mol. The van der Waals surface area contributed by atoms with Gasteiger partial charge in [0.15, 0.2) is 0 Å². The molecule has 0 atom stereocenters. The first-order chi connectivity index (χ1) is 8.51. The summed E-state index contributed by atoms with van der Waals surface area (Å²) in [6, 6.07) is 10.5. The maximum Gasteiger partial charge on any atom is 0.0558 e. The van der Waals surface area contributed by atoms with Crippen molar-refractivity contribution in [1.29, 1.82) is 0 Å². The van der Waals surface area contributed by atoms with E-state index in [-0.39, 0.29) is 6.61 Å². The molecule has 0 aliphatic heterocycles. The van der Waals surface area contributed by atoms with Gasteiger partial charge in [0.25, 0.3) is 0 Å². The molecule has 1 N–H and O–H groups in total. The lowest BCUT2D eigenvalue weighted by atomic mass is 9.90. The van der Waals surface area contributed by atoms with Crippen LogP contribution in [0, 0.1) is 5.41 Å². The van der Waals surface area contributed by atoms with Gasteiger partial charge in [-0.15, -0.1) is 0 Å². The molecule has 0 aliphatic carbocycles. The molecule has 2 nitrogen and oxygen atoms in total. The summed E-state index contributed by atoms with van der Waals surface area (Å²) in [5.41, 5.74) is 1.72. The van der Waals surface area contributed by atoms with Gasteiger partial charge < -0.3 is 5.11 Å². The van der Waals surface area contributed by atoms with E-state index in [9.17, 15) is 0 Å². The molecule has 0 amide bonds. The summed E-state index contributed by atoms with van der Waals surface area (Å²) in [4.78, 5) is 2.33. The lowest BCUT2D eigenvalue weighted by molar-refractivity contribution is 0.181. The first-order valence-electron chi connectivity index (χ1n) is 6.88. The van der Waals surface area contributed by atoms with Gasteiger partial charge in [0.05, 0.1) is 6.61 Å². The SMILES string of the molecule is CC(C)(C)CCCN(CCO)Cc1ccccc1. The molecule has 1 aromatic rings. The highest BCUT2D eigenvalue weighted by Crippen LogP contribution is 2.20. The molecular weight excluding hydrogens is 222 g/mol. The topological polar surface area (TPSA) is 23.5 Å². The molecule has 0 aromatic heterocycles. The second-order valence-electron chi connectivity index (χ2n) is 6.15. The summed E-state index contributed by atoms with van der Waals surface area (Å²) >= 11 is 0. The molecule has 1 rings (SSSR count). The summed E-state index contributed by atoms with van der Waals surface area (Å²) in [5.74, 6) is 0. The van der Waals surface area contributed by atoms with E-state index in [1.807, 2.05) is 6.07 Å². The zero-order valence-corrected chi connectivity index (χ0v) is 12.0. The van der Waals surface area contributed by atoms with Crippen molar-refractivity contribution < 1.29 is 5.11 Å². The minimum Gasteiger partial charge on any atom is -0.395 e. The van der Waals surface area contributed by atoms with Crippen LogP contribution in [-0.2, 0) is 6.54 Å². The molecular formula is C16H27NO. The summed E-state index contributed by atoms with van der Waals surface area (Å²) in [6.45, 7) is 9.83. The molecule has 0 unspecified atom stereocenters. The Hall–Kier alpha value is -0.860. The fourth-order valence-corrected chi connectivity index (χ4v) is 2.09. The van der Waals surface area contributed by atoms with Crippen molar-refractivity contribution >= 4 is 0 Å². The van der Waals surface area contributed by atoms with E-state index >= 15 is 0 Å². The molecule has 0 spiro atoms. The minimum absolute atomic E-state index is 0.238. The van der Waals surface area contributed by atoms with Crippen LogP contribution >= 0.6 is 0 Å². The van der Waals surface area contributed by atoms with Crippen LogP contribution in [0.25, 0.3) is 0 Å². The Morgan fingerprint density at radius 3 is 2.28 bits per heavy atom. The van der Waals surface area contributed by atoms with Crippen LogP contribution < -0.4 is 0 Å². The highest BCUT2D eigenvalue weighted by Gasteiger charge is 2.11. The lowest BCUT2D eigenvalue weighted by Gasteiger charge is -2.24. The Balaban J connectivity index is 2.40. The van der Waals surface area contributed by atoms with Gasteiger partial charge in [-0.1, -0.05) is 51.1 Å². The quantitative estimate of drug-likeness (QED) is 0.801. The Bertz CT molecular complexity index is 316. The van der Waals surface area contributed by atoms with E-state index in [1.54, 1.807) is 0 Å². The highest BCUT2D eigenvalue weighted by molar-refractivity contribution is 5.14. The largest absolute Gasteiger partial charge is 0.395 e. The fraction of sp³-hybridized carbons (Fsp3) is 0.625. The number of hydrogen-bond donors (Lipinski definition) is 1. The standard InChI is InChI=1S/C16H27NO/c1-16(2,3)10-7-11-17(12-13-18)14-15-8-5-4-6-9-15/h4-6,8-9,18H,7,10-14H2,1-3H3. The predicted octanol–water partition coefficient (Wildman–Crippen LogP) is 3.31. The third-order valence-electron chi connectivity index (χ3n) is 3.07. The number of rotatable bonds is 7. The van der Waals surface area contributed by atoms with E-state index in [0.29, 0.717) is 5.41 Å². The molecule has 0 radical (unpaired) electrons. The number of nitrogens with zero attached hydrogens (tertiary/aromatic N) is 1. The maximum absolute atomic E-state index is 9.13. The molecule has 1 aromatic carbocycles.